The third-order valence-corrected chi connectivity index (χ3v) is 10.6. The molecule has 0 radical (unpaired) electrons. The molecule has 2 saturated heterocycles. The van der Waals surface area contributed by atoms with Crippen LogP contribution in [0.4, 0.5) is 0 Å². The Morgan fingerprint density at radius 2 is 1.94 bits per heavy atom. The van der Waals surface area contributed by atoms with Crippen LogP contribution in [-0.4, -0.2) is 123 Å². The number of hydrogen-bond acceptors (Lipinski definition) is 11. The molecule has 4 aliphatic rings. The minimum atomic E-state index is -1.23. The molecule has 3 amide bonds. The molecule has 0 spiro atoms. The van der Waals surface area contributed by atoms with Crippen molar-refractivity contribution in [2.75, 3.05) is 18.1 Å². The second-order valence-corrected chi connectivity index (χ2v) is 13.7. The van der Waals surface area contributed by atoms with Gasteiger partial charge >= 0.3 is 35.5 Å². The quantitative estimate of drug-likeness (QED) is 0.0541. The van der Waals surface area contributed by atoms with E-state index in [4.69, 9.17) is 0 Å². The Morgan fingerprint density at radius 3 is 2.62 bits per heavy atom. The molecule has 14 nitrogen and oxygen atoms in total. The number of aromatic nitrogens is 4. The van der Waals surface area contributed by atoms with Crippen molar-refractivity contribution in [2.24, 2.45) is 5.92 Å². The summed E-state index contributed by atoms with van der Waals surface area (Å²) in [6.07, 6.45) is 3.20. The molecule has 3 aliphatic heterocycles. The first-order chi connectivity index (χ1) is 22.1. The number of benzene rings is 1. The van der Waals surface area contributed by atoms with E-state index in [0.717, 1.165) is 18.4 Å². The number of rotatable bonds is 9. The van der Waals surface area contributed by atoms with Crippen molar-refractivity contribution in [3.8, 4) is 22.9 Å². The van der Waals surface area contributed by atoms with Gasteiger partial charge in [0.2, 0.25) is 11.8 Å². The number of hydrogen-bond donors (Lipinski definition) is 5. The number of phenols is 2. The fourth-order valence-corrected chi connectivity index (χ4v) is 8.14. The van der Waals surface area contributed by atoms with Crippen molar-refractivity contribution in [3.63, 3.8) is 0 Å². The Kier molecular flexibility index (Phi) is 9.32. The van der Waals surface area contributed by atoms with Crippen LogP contribution in [0.15, 0.2) is 51.7 Å². The summed E-state index contributed by atoms with van der Waals surface area (Å²) in [6, 6.07) is 5.08. The standard InChI is InChI=1S/C30H29N7O7S2.Na.H/c1-13-8-22(37-30(32-13)34-25(35-37)15-4-5-19(38)20(39)10-15)45-12-21(40)33-23-27(42)36-24(29(43)44)18(11-46-28(23)36)17(9-14-2-3-14)16-6-7-31-26(16)41;;/h4-5,8,10,14,23,28,38-39H,2-3,6-7,9,11-12H2,1H3,(H,31,41)(H,33,40)(H,43,44);;/t23-,28-;;/m1../s1. The molecule has 47 heavy (non-hydrogen) atoms. The average Bonchev–Trinajstić information content (AvgIpc) is 3.59. The van der Waals surface area contributed by atoms with Crippen LogP contribution in [0.3, 0.4) is 0 Å². The van der Waals surface area contributed by atoms with E-state index in [0.29, 0.717) is 58.5 Å². The Labute approximate surface area is 298 Å². The maximum atomic E-state index is 13.3. The Morgan fingerprint density at radius 1 is 1.15 bits per heavy atom. The van der Waals surface area contributed by atoms with E-state index in [-0.39, 0.29) is 70.0 Å². The SMILES string of the molecule is Cc1cc(SCC(=O)N[C@@H]2C(=O)N3C(C(=O)O)=C(C(CC4CC4)=C4CCNC4=O)CS[C@H]23)n2nc(-c3ccc(O)c(O)c3)nc2n1.[NaH]. The fraction of sp³-hybridized carbons (Fsp3) is 0.367. The zero-order chi connectivity index (χ0) is 32.3. The topological polar surface area (TPSA) is 199 Å². The van der Waals surface area contributed by atoms with Gasteiger partial charge in [-0.1, -0.05) is 11.8 Å². The number of aromatic hydroxyl groups is 2. The van der Waals surface area contributed by atoms with E-state index < -0.39 is 29.2 Å². The van der Waals surface area contributed by atoms with E-state index in [1.165, 1.54) is 45.1 Å². The molecule has 3 aromatic rings. The first-order valence-electron chi connectivity index (χ1n) is 14.7. The van der Waals surface area contributed by atoms with Crippen molar-refractivity contribution in [2.45, 2.75) is 49.0 Å². The Balaban J connectivity index is 0.00000386. The summed E-state index contributed by atoms with van der Waals surface area (Å²) in [5, 5.41) is 39.8. The van der Waals surface area contributed by atoms with Gasteiger partial charge in [0.15, 0.2) is 17.3 Å². The summed E-state index contributed by atoms with van der Waals surface area (Å²) in [4.78, 5) is 61.6. The summed E-state index contributed by atoms with van der Waals surface area (Å²) in [5.41, 5.74) is 2.88. The molecule has 3 fully saturated rings. The summed E-state index contributed by atoms with van der Waals surface area (Å²) in [6.45, 7) is 2.29. The van der Waals surface area contributed by atoms with Gasteiger partial charge in [-0.2, -0.15) is 9.50 Å². The van der Waals surface area contributed by atoms with Crippen molar-refractivity contribution in [1.29, 1.82) is 0 Å². The number of nitrogens with zero attached hydrogens (tertiary/aromatic N) is 5. The molecule has 1 aliphatic carbocycles. The van der Waals surface area contributed by atoms with E-state index >= 15 is 0 Å². The number of phenolic OH excluding ortho intramolecular Hbond substituents is 2. The molecular weight excluding hydrogens is 657 g/mol. The van der Waals surface area contributed by atoms with E-state index in [2.05, 4.69) is 25.7 Å². The Bertz CT molecular complexity index is 1910. The summed E-state index contributed by atoms with van der Waals surface area (Å²) >= 11 is 2.55. The summed E-state index contributed by atoms with van der Waals surface area (Å²) < 4.78 is 1.47. The van der Waals surface area contributed by atoms with Crippen LogP contribution in [0, 0.1) is 12.8 Å². The van der Waals surface area contributed by atoms with Gasteiger partial charge in [-0.05, 0) is 73.9 Å². The van der Waals surface area contributed by atoms with Gasteiger partial charge < -0.3 is 26.0 Å². The van der Waals surface area contributed by atoms with Crippen LogP contribution in [0.25, 0.3) is 17.2 Å². The fourth-order valence-electron chi connectivity index (χ4n) is 5.89. The Hall–Kier alpha value is -3.57. The third-order valence-electron chi connectivity index (χ3n) is 8.33. The molecule has 17 heteroatoms. The number of aliphatic carboxylic acids is 1. The molecule has 7 rings (SSSR count). The van der Waals surface area contributed by atoms with Crippen LogP contribution < -0.4 is 10.6 Å². The number of aryl methyl sites for hydroxylation is 1. The number of carboxylic acid groups (broad SMARTS) is 1. The van der Waals surface area contributed by atoms with Crippen molar-refractivity contribution in [3.05, 3.63) is 52.4 Å². The maximum absolute atomic E-state index is 13.3. The average molecular weight is 688 g/mol. The predicted molar refractivity (Wildman–Crippen MR) is 174 cm³/mol. The van der Waals surface area contributed by atoms with Gasteiger partial charge in [0.25, 0.3) is 11.7 Å². The predicted octanol–water partition coefficient (Wildman–Crippen LogP) is 1.31. The first-order valence-corrected chi connectivity index (χ1v) is 16.7. The molecule has 0 unspecified atom stereocenters. The van der Waals surface area contributed by atoms with Crippen LogP contribution in [0.2, 0.25) is 0 Å². The normalized spacial score (nSPS) is 21.6. The minimum absolute atomic E-state index is 0. The van der Waals surface area contributed by atoms with Gasteiger partial charge in [0.05, 0.1) is 5.75 Å². The van der Waals surface area contributed by atoms with E-state index in [1.807, 2.05) is 0 Å². The summed E-state index contributed by atoms with van der Waals surface area (Å²) in [7, 11) is 0. The number of β-lactam (4-membered cyclic amide) rings is 1. The first kappa shape index (κ1) is 33.3. The van der Waals surface area contributed by atoms with Crippen molar-refractivity contribution in [1.82, 2.24) is 35.1 Å². The molecule has 0 bridgehead atoms. The molecule has 5 heterocycles. The van der Waals surface area contributed by atoms with Crippen molar-refractivity contribution < 1.29 is 34.5 Å². The van der Waals surface area contributed by atoms with Crippen LogP contribution in [-0.2, 0) is 19.2 Å². The number of carboxylic acids is 1. The van der Waals surface area contributed by atoms with Gasteiger partial charge in [-0.3, -0.25) is 19.3 Å². The molecule has 2 atom stereocenters. The van der Waals surface area contributed by atoms with E-state index in [9.17, 15) is 34.5 Å². The number of carbonyl (C=O) groups is 4. The number of fused-ring (bicyclic) bond motifs is 2. The number of nitrogens with one attached hydrogen (secondary N) is 2. The van der Waals surface area contributed by atoms with Gasteiger partial charge in [0.1, 0.15) is 22.1 Å². The molecule has 2 aromatic heterocycles. The zero-order valence-corrected chi connectivity index (χ0v) is 26.2. The third kappa shape index (κ3) is 6.36. The number of allylic oxidation sites excluding steroid dienone is 1. The number of amides is 3. The van der Waals surface area contributed by atoms with Gasteiger partial charge in [-0.15, -0.1) is 16.9 Å². The number of thioether (sulfide) groups is 2. The molecule has 1 aromatic carbocycles. The number of carbonyl (C=O) groups excluding carboxylic acids is 3. The van der Waals surface area contributed by atoms with Crippen LogP contribution in [0.5, 0.6) is 11.5 Å². The van der Waals surface area contributed by atoms with E-state index in [1.54, 1.807) is 19.1 Å². The monoisotopic (exact) mass is 687 g/mol. The second kappa shape index (κ2) is 13.1. The van der Waals surface area contributed by atoms with Crippen molar-refractivity contribution >= 4 is 82.5 Å². The molecular formula is C30H30N7NaO7S2. The summed E-state index contributed by atoms with van der Waals surface area (Å²) in [5.74, 6) is -1.70. The van der Waals surface area contributed by atoms with Gasteiger partial charge in [0, 0.05) is 29.1 Å². The van der Waals surface area contributed by atoms with Gasteiger partial charge in [-0.25, -0.2) is 9.78 Å². The molecule has 5 N–H and O–H groups in total. The van der Waals surface area contributed by atoms with Crippen LogP contribution in [0.1, 0.15) is 31.4 Å². The zero-order valence-electron chi connectivity index (χ0n) is 24.5. The molecule has 240 valence electrons. The van der Waals surface area contributed by atoms with Crippen LogP contribution >= 0.6 is 23.5 Å². The second-order valence-electron chi connectivity index (χ2n) is 11.6. The molecule has 1 saturated carbocycles.